The Kier molecular flexibility index (Phi) is 5.31. The van der Waals surface area contributed by atoms with Gasteiger partial charge in [-0.25, -0.2) is 4.98 Å². The molecule has 3 aromatic rings. The quantitative estimate of drug-likeness (QED) is 0.710. The molecule has 0 aliphatic rings. The van der Waals surface area contributed by atoms with Gasteiger partial charge in [0.25, 0.3) is 0 Å². The minimum absolute atomic E-state index is 0.0203. The van der Waals surface area contributed by atoms with Crippen LogP contribution < -0.4 is 20.7 Å². The van der Waals surface area contributed by atoms with Crippen LogP contribution in [0.1, 0.15) is 20.8 Å². The summed E-state index contributed by atoms with van der Waals surface area (Å²) in [6.45, 7) is 5.70. The highest BCUT2D eigenvalue weighted by Crippen LogP contribution is 2.34. The van der Waals surface area contributed by atoms with Crippen molar-refractivity contribution >= 4 is 46.3 Å². The minimum Gasteiger partial charge on any atom is -0.310 e. The lowest BCUT2D eigenvalue weighted by molar-refractivity contribution is -0.123. The number of anilines is 1. The molecule has 0 aliphatic carbocycles. The van der Waals surface area contributed by atoms with E-state index in [-0.39, 0.29) is 5.91 Å². The van der Waals surface area contributed by atoms with Crippen LogP contribution in [-0.2, 0) is 4.79 Å². The summed E-state index contributed by atoms with van der Waals surface area (Å²) < 4.78 is 1.04. The summed E-state index contributed by atoms with van der Waals surface area (Å²) in [5.74, 6) is 0.618. The largest absolute Gasteiger partial charge is 0.310 e. The zero-order chi connectivity index (χ0) is 17.9. The summed E-state index contributed by atoms with van der Waals surface area (Å²) in [6, 6.07) is 20.9. The first-order chi connectivity index (χ1) is 11.9. The number of hydrogen-bond acceptors (Lipinski definition) is 3. The van der Waals surface area contributed by atoms with Crippen molar-refractivity contribution in [2.45, 2.75) is 20.8 Å². The molecule has 25 heavy (non-hydrogen) atoms. The zero-order valence-electron chi connectivity index (χ0n) is 14.6. The summed E-state index contributed by atoms with van der Waals surface area (Å²) in [5, 5.41) is 7.37. The van der Waals surface area contributed by atoms with Gasteiger partial charge in [-0.3, -0.25) is 4.79 Å². The molecule has 0 unspecified atom stereocenters. The van der Waals surface area contributed by atoms with Crippen LogP contribution in [0.5, 0.6) is 0 Å². The van der Waals surface area contributed by atoms with Crippen molar-refractivity contribution in [1.82, 2.24) is 4.98 Å². The Balaban J connectivity index is 1.94. The summed E-state index contributed by atoms with van der Waals surface area (Å²) in [4.78, 5) is 16.9. The van der Waals surface area contributed by atoms with E-state index in [1.807, 2.05) is 38.3 Å². The van der Waals surface area contributed by atoms with Gasteiger partial charge in [-0.15, -0.1) is 11.3 Å². The molecular formula is C20H21N2OPS. The number of aromatic nitrogens is 1. The second kappa shape index (κ2) is 7.47. The Morgan fingerprint density at radius 2 is 1.48 bits per heavy atom. The molecule has 3 rings (SSSR count). The summed E-state index contributed by atoms with van der Waals surface area (Å²) in [5.41, 5.74) is -0.437. The van der Waals surface area contributed by atoms with Gasteiger partial charge < -0.3 is 5.32 Å². The molecule has 0 aliphatic heterocycles. The molecule has 0 atom stereocenters. The van der Waals surface area contributed by atoms with E-state index in [4.69, 9.17) is 4.98 Å². The highest BCUT2D eigenvalue weighted by atomic mass is 32.1. The Hall–Kier alpha value is -2.03. The van der Waals surface area contributed by atoms with Gasteiger partial charge in [-0.1, -0.05) is 81.4 Å². The van der Waals surface area contributed by atoms with Crippen molar-refractivity contribution in [3.8, 4) is 0 Å². The Labute approximate surface area is 153 Å². The molecular weight excluding hydrogens is 347 g/mol. The predicted molar refractivity (Wildman–Crippen MR) is 109 cm³/mol. The first-order valence-corrected chi connectivity index (χ1v) is 10.3. The molecule has 3 nitrogen and oxygen atoms in total. The van der Waals surface area contributed by atoms with Crippen LogP contribution in [0.25, 0.3) is 0 Å². The van der Waals surface area contributed by atoms with Crippen molar-refractivity contribution in [2.75, 3.05) is 5.32 Å². The van der Waals surface area contributed by atoms with Crippen LogP contribution >= 0.6 is 19.3 Å². The number of amides is 1. The third kappa shape index (κ3) is 4.33. The molecule has 1 aromatic heterocycles. The summed E-state index contributed by atoms with van der Waals surface area (Å²) in [7, 11) is -0.722. The molecule has 0 fully saturated rings. The third-order valence-electron chi connectivity index (χ3n) is 3.63. The highest BCUT2D eigenvalue weighted by Gasteiger charge is 2.24. The molecule has 0 saturated carbocycles. The lowest BCUT2D eigenvalue weighted by Gasteiger charge is -2.17. The zero-order valence-corrected chi connectivity index (χ0v) is 16.3. The van der Waals surface area contributed by atoms with Gasteiger partial charge in [0.05, 0.1) is 0 Å². The second-order valence-electron chi connectivity index (χ2n) is 6.73. The van der Waals surface area contributed by atoms with Gasteiger partial charge in [0.1, 0.15) is 10.6 Å². The molecule has 1 amide bonds. The van der Waals surface area contributed by atoms with Crippen molar-refractivity contribution in [2.24, 2.45) is 5.41 Å². The Bertz CT molecular complexity index is 801. The van der Waals surface area contributed by atoms with E-state index < -0.39 is 13.3 Å². The van der Waals surface area contributed by atoms with E-state index >= 15 is 0 Å². The standard InChI is InChI=1S/C20H21N2OPS/c1-20(2,3)18(23)21-17-14-25-19(22-17)24(15-10-6-4-7-11-15)16-12-8-5-9-13-16/h4-14H,1-3H3,(H,21,23). The van der Waals surface area contributed by atoms with Crippen LogP contribution in [0, 0.1) is 5.41 Å². The van der Waals surface area contributed by atoms with Gasteiger partial charge in [0.2, 0.25) is 5.91 Å². The van der Waals surface area contributed by atoms with Crippen LogP contribution in [0.15, 0.2) is 66.0 Å². The number of thiazole rings is 1. The molecule has 1 N–H and O–H groups in total. The first-order valence-electron chi connectivity index (χ1n) is 8.12. The topological polar surface area (TPSA) is 42.0 Å². The van der Waals surface area contributed by atoms with Crippen LogP contribution in [0.2, 0.25) is 0 Å². The molecule has 5 heteroatoms. The summed E-state index contributed by atoms with van der Waals surface area (Å²) in [6.07, 6.45) is 0. The van der Waals surface area contributed by atoms with Crippen LogP contribution in [0.4, 0.5) is 5.82 Å². The Morgan fingerprint density at radius 1 is 0.960 bits per heavy atom. The lowest BCUT2D eigenvalue weighted by atomic mass is 9.96. The number of rotatable bonds is 4. The van der Waals surface area contributed by atoms with Gasteiger partial charge in [0, 0.05) is 18.7 Å². The fourth-order valence-corrected chi connectivity index (χ4v) is 5.83. The Morgan fingerprint density at radius 3 is 1.96 bits per heavy atom. The first kappa shape index (κ1) is 17.8. The summed E-state index contributed by atoms with van der Waals surface area (Å²) >= 11 is 1.60. The van der Waals surface area contributed by atoms with E-state index in [1.165, 1.54) is 10.6 Å². The normalized spacial score (nSPS) is 11.5. The van der Waals surface area contributed by atoms with Gasteiger partial charge in [-0.2, -0.15) is 0 Å². The second-order valence-corrected chi connectivity index (χ2v) is 10.0. The number of hydrogen-bond donors (Lipinski definition) is 1. The highest BCUT2D eigenvalue weighted by molar-refractivity contribution is 7.83. The number of carbonyl (C=O) groups excluding carboxylic acids is 1. The van der Waals surface area contributed by atoms with Crippen LogP contribution in [0.3, 0.4) is 0 Å². The van der Waals surface area contributed by atoms with Gasteiger partial charge >= 0.3 is 0 Å². The molecule has 0 spiro atoms. The third-order valence-corrected chi connectivity index (χ3v) is 7.25. The van der Waals surface area contributed by atoms with Crippen molar-refractivity contribution < 1.29 is 4.79 Å². The smallest absolute Gasteiger partial charge is 0.230 e. The van der Waals surface area contributed by atoms with E-state index in [1.54, 1.807) is 11.3 Å². The number of carbonyl (C=O) groups is 1. The van der Waals surface area contributed by atoms with Crippen molar-refractivity contribution in [3.05, 3.63) is 66.0 Å². The molecule has 2 aromatic carbocycles. The average molecular weight is 368 g/mol. The van der Waals surface area contributed by atoms with E-state index in [0.29, 0.717) is 5.82 Å². The molecule has 0 saturated heterocycles. The van der Waals surface area contributed by atoms with Crippen molar-refractivity contribution in [3.63, 3.8) is 0 Å². The van der Waals surface area contributed by atoms with Gasteiger partial charge in [-0.05, 0) is 10.6 Å². The molecule has 128 valence electrons. The number of nitrogens with zero attached hydrogens (tertiary/aromatic N) is 1. The van der Waals surface area contributed by atoms with E-state index in [9.17, 15) is 4.79 Å². The van der Waals surface area contributed by atoms with Gasteiger partial charge in [0.15, 0.2) is 0 Å². The van der Waals surface area contributed by atoms with Crippen molar-refractivity contribution in [1.29, 1.82) is 0 Å². The molecule has 0 bridgehead atoms. The fourth-order valence-electron chi connectivity index (χ4n) is 2.25. The average Bonchev–Trinajstić information content (AvgIpc) is 3.04. The molecule has 0 radical (unpaired) electrons. The monoisotopic (exact) mass is 368 g/mol. The molecule has 1 heterocycles. The number of nitrogens with one attached hydrogen (secondary N) is 1. The van der Waals surface area contributed by atoms with E-state index in [2.05, 4.69) is 53.8 Å². The fraction of sp³-hybridized carbons (Fsp3) is 0.200. The lowest BCUT2D eigenvalue weighted by Crippen LogP contribution is -2.28. The minimum atomic E-state index is -0.722. The predicted octanol–water partition coefficient (Wildman–Crippen LogP) is 3.89. The maximum Gasteiger partial charge on any atom is 0.230 e. The maximum absolute atomic E-state index is 12.2. The number of benzene rings is 2. The van der Waals surface area contributed by atoms with Crippen LogP contribution in [-0.4, -0.2) is 10.9 Å². The van der Waals surface area contributed by atoms with E-state index in [0.717, 1.165) is 4.75 Å². The SMILES string of the molecule is CC(C)(C)C(=O)Nc1csc(P(c2ccccc2)c2ccccc2)n1. The maximum atomic E-state index is 12.2.